The Hall–Kier alpha value is -0.870. The standard InChI is InChI=1S/C11H11P/c1-8-7-10-5-3-4-6-11(10)9(2)12-8/h3-7H,1-2H3. The first-order chi connectivity index (χ1) is 5.77. The lowest BCUT2D eigenvalue weighted by atomic mass is 10.1. The van der Waals surface area contributed by atoms with E-state index in [0.29, 0.717) is 0 Å². The zero-order valence-electron chi connectivity index (χ0n) is 7.33. The lowest BCUT2D eigenvalue weighted by Crippen LogP contribution is -1.74. The first-order valence-electron chi connectivity index (χ1n) is 4.10. The summed E-state index contributed by atoms with van der Waals surface area (Å²) in [5.74, 6) is 0. The van der Waals surface area contributed by atoms with E-state index in [0.717, 1.165) is 0 Å². The van der Waals surface area contributed by atoms with Crippen molar-refractivity contribution in [3.05, 3.63) is 40.9 Å². The van der Waals surface area contributed by atoms with Gasteiger partial charge in [-0.2, -0.15) is 0 Å². The van der Waals surface area contributed by atoms with E-state index in [2.05, 4.69) is 44.2 Å². The summed E-state index contributed by atoms with van der Waals surface area (Å²) in [6, 6.07) is 10.8. The van der Waals surface area contributed by atoms with Crippen LogP contribution in [0.3, 0.4) is 0 Å². The maximum Gasteiger partial charge on any atom is -0.0109 e. The van der Waals surface area contributed by atoms with E-state index in [1.165, 1.54) is 29.6 Å². The van der Waals surface area contributed by atoms with Gasteiger partial charge in [0, 0.05) is 0 Å². The van der Waals surface area contributed by atoms with Crippen LogP contribution in [0, 0.1) is 13.8 Å². The summed E-state index contributed by atoms with van der Waals surface area (Å²) in [5.41, 5.74) is 0. The molecule has 1 heterocycles. The number of rotatable bonds is 0. The molecular formula is C11H11P. The number of benzene rings is 1. The van der Waals surface area contributed by atoms with E-state index in [-0.39, 0.29) is 0 Å². The van der Waals surface area contributed by atoms with Gasteiger partial charge in [-0.25, -0.2) is 0 Å². The van der Waals surface area contributed by atoms with Crippen molar-refractivity contribution in [1.82, 2.24) is 0 Å². The van der Waals surface area contributed by atoms with Gasteiger partial charge in [0.25, 0.3) is 0 Å². The monoisotopic (exact) mass is 174 g/mol. The first kappa shape index (κ1) is 7.76. The number of aryl methyl sites for hydroxylation is 2. The maximum absolute atomic E-state index is 2.27. The van der Waals surface area contributed by atoms with Crippen molar-refractivity contribution in [3.63, 3.8) is 0 Å². The van der Waals surface area contributed by atoms with Crippen LogP contribution in [-0.4, -0.2) is 0 Å². The lowest BCUT2D eigenvalue weighted by molar-refractivity contribution is 1.59. The predicted octanol–water partition coefficient (Wildman–Crippen LogP) is 4.04. The van der Waals surface area contributed by atoms with Crippen molar-refractivity contribution >= 4 is 19.0 Å². The first-order valence-corrected chi connectivity index (χ1v) is 5.00. The minimum atomic E-state index is 1.37. The van der Waals surface area contributed by atoms with Gasteiger partial charge in [0.05, 0.1) is 0 Å². The summed E-state index contributed by atoms with van der Waals surface area (Å²) in [6.07, 6.45) is 0. The average molecular weight is 174 g/mol. The van der Waals surface area contributed by atoms with Gasteiger partial charge >= 0.3 is 0 Å². The zero-order valence-corrected chi connectivity index (χ0v) is 8.23. The smallest absolute Gasteiger partial charge is 0.0109 e. The van der Waals surface area contributed by atoms with Gasteiger partial charge in [-0.05, 0) is 41.3 Å². The molecule has 0 radical (unpaired) electrons. The Bertz CT molecular complexity index is 418. The van der Waals surface area contributed by atoms with Crippen molar-refractivity contribution in [3.8, 4) is 0 Å². The fourth-order valence-corrected chi connectivity index (χ4v) is 2.59. The quantitative estimate of drug-likeness (QED) is 0.565. The second-order valence-corrected chi connectivity index (χ2v) is 4.67. The fraction of sp³-hybridized carbons (Fsp3) is 0.182. The largest absolute Gasteiger partial charge is 0.0693 e. The fourth-order valence-electron chi connectivity index (χ4n) is 1.53. The molecule has 2 aromatic rings. The molecule has 0 aliphatic carbocycles. The molecular weight excluding hydrogens is 163 g/mol. The third-order valence-electron chi connectivity index (χ3n) is 2.06. The molecule has 12 heavy (non-hydrogen) atoms. The van der Waals surface area contributed by atoms with Crippen LogP contribution in [0.15, 0.2) is 30.3 Å². The highest BCUT2D eigenvalue weighted by atomic mass is 31.0. The van der Waals surface area contributed by atoms with Crippen molar-refractivity contribution in [2.45, 2.75) is 13.8 Å². The summed E-state index contributed by atoms with van der Waals surface area (Å²) >= 11 is 0. The highest BCUT2D eigenvalue weighted by molar-refractivity contribution is 7.32. The molecule has 1 aromatic carbocycles. The molecule has 0 bridgehead atoms. The van der Waals surface area contributed by atoms with E-state index in [1.807, 2.05) is 0 Å². The molecule has 2 rings (SSSR count). The Morgan fingerprint density at radius 2 is 1.83 bits per heavy atom. The molecule has 60 valence electrons. The van der Waals surface area contributed by atoms with Gasteiger partial charge < -0.3 is 0 Å². The van der Waals surface area contributed by atoms with Gasteiger partial charge in [0.1, 0.15) is 0 Å². The minimum Gasteiger partial charge on any atom is -0.0693 e. The summed E-state index contributed by atoms with van der Waals surface area (Å²) in [4.78, 5) is 0. The summed E-state index contributed by atoms with van der Waals surface area (Å²) in [7, 11) is 1.38. The van der Waals surface area contributed by atoms with Crippen molar-refractivity contribution in [2.75, 3.05) is 0 Å². The molecule has 0 nitrogen and oxygen atoms in total. The van der Waals surface area contributed by atoms with Crippen molar-refractivity contribution in [1.29, 1.82) is 0 Å². The number of hydrogen-bond donors (Lipinski definition) is 0. The van der Waals surface area contributed by atoms with Gasteiger partial charge in [-0.15, -0.1) is 0 Å². The maximum atomic E-state index is 2.27. The van der Waals surface area contributed by atoms with Crippen LogP contribution < -0.4 is 0 Å². The Labute approximate surface area is 74.3 Å². The third kappa shape index (κ3) is 1.23. The van der Waals surface area contributed by atoms with Gasteiger partial charge in [-0.3, -0.25) is 0 Å². The van der Waals surface area contributed by atoms with Crippen LogP contribution in [0.2, 0.25) is 0 Å². The Kier molecular flexibility index (Phi) is 1.86. The van der Waals surface area contributed by atoms with E-state index < -0.39 is 0 Å². The second kappa shape index (κ2) is 2.88. The van der Waals surface area contributed by atoms with Gasteiger partial charge in [-0.1, -0.05) is 32.5 Å². The summed E-state index contributed by atoms with van der Waals surface area (Å²) in [5, 5.41) is 5.67. The molecule has 0 saturated carbocycles. The van der Waals surface area contributed by atoms with E-state index in [4.69, 9.17) is 0 Å². The molecule has 0 atom stereocenters. The topological polar surface area (TPSA) is 0 Å². The summed E-state index contributed by atoms with van der Waals surface area (Å²) in [6.45, 7) is 4.39. The Balaban J connectivity index is 2.89. The number of hydrogen-bond acceptors (Lipinski definition) is 0. The van der Waals surface area contributed by atoms with E-state index in [9.17, 15) is 0 Å². The lowest BCUT2D eigenvalue weighted by Gasteiger charge is -2.01. The van der Waals surface area contributed by atoms with Gasteiger partial charge in [0.15, 0.2) is 0 Å². The van der Waals surface area contributed by atoms with Crippen LogP contribution in [0.4, 0.5) is 0 Å². The average Bonchev–Trinajstić information content (AvgIpc) is 2.04. The van der Waals surface area contributed by atoms with Crippen molar-refractivity contribution < 1.29 is 0 Å². The van der Waals surface area contributed by atoms with E-state index in [1.54, 1.807) is 0 Å². The molecule has 1 heteroatoms. The summed E-state index contributed by atoms with van der Waals surface area (Å²) < 4.78 is 0. The zero-order chi connectivity index (χ0) is 8.55. The predicted molar refractivity (Wildman–Crippen MR) is 55.9 cm³/mol. The van der Waals surface area contributed by atoms with Crippen LogP contribution in [0.1, 0.15) is 10.6 Å². The van der Waals surface area contributed by atoms with Crippen LogP contribution >= 0.6 is 8.19 Å². The van der Waals surface area contributed by atoms with E-state index >= 15 is 0 Å². The molecule has 0 saturated heterocycles. The third-order valence-corrected chi connectivity index (χ3v) is 3.12. The van der Waals surface area contributed by atoms with Crippen LogP contribution in [0.5, 0.6) is 0 Å². The van der Waals surface area contributed by atoms with Crippen LogP contribution in [0.25, 0.3) is 10.8 Å². The van der Waals surface area contributed by atoms with Crippen LogP contribution in [-0.2, 0) is 0 Å². The minimum absolute atomic E-state index is 1.37. The highest BCUT2D eigenvalue weighted by Crippen LogP contribution is 2.27. The van der Waals surface area contributed by atoms with Crippen molar-refractivity contribution in [2.24, 2.45) is 0 Å². The SMILES string of the molecule is Cc1cc2ccccc2c(C)p1. The Morgan fingerprint density at radius 1 is 1.08 bits per heavy atom. The highest BCUT2D eigenvalue weighted by Gasteiger charge is 1.96. The molecule has 0 aliphatic heterocycles. The molecule has 0 N–H and O–H groups in total. The molecule has 0 aliphatic rings. The molecule has 0 spiro atoms. The molecule has 1 aromatic heterocycles. The van der Waals surface area contributed by atoms with Gasteiger partial charge in [0.2, 0.25) is 0 Å². The molecule has 0 unspecified atom stereocenters. The molecule has 0 fully saturated rings. The normalized spacial score (nSPS) is 11.2. The second-order valence-electron chi connectivity index (χ2n) is 3.07. The Morgan fingerprint density at radius 3 is 2.67 bits per heavy atom. The number of fused-ring (bicyclic) bond motifs is 1. The molecule has 0 amide bonds.